The zero-order chi connectivity index (χ0) is 20.3. The summed E-state index contributed by atoms with van der Waals surface area (Å²) in [5.74, 6) is -0.147. The van der Waals surface area contributed by atoms with Gasteiger partial charge in [-0.25, -0.2) is 0 Å². The minimum Gasteiger partial charge on any atom is -0.508 e. The van der Waals surface area contributed by atoms with Gasteiger partial charge in [-0.15, -0.1) is 0 Å². The SMILES string of the molecule is C=CC(=O)NCCCc1ccc(O)c(C2Nc3cc(C(F)(F)F)ccc3S2)c1. The molecule has 2 aromatic carbocycles. The van der Waals surface area contributed by atoms with E-state index in [0.29, 0.717) is 35.5 Å². The van der Waals surface area contributed by atoms with Gasteiger partial charge in [0.25, 0.3) is 0 Å². The Morgan fingerprint density at radius 2 is 2.07 bits per heavy atom. The lowest BCUT2D eigenvalue weighted by atomic mass is 10.0. The van der Waals surface area contributed by atoms with Crippen molar-refractivity contribution < 1.29 is 23.1 Å². The number of rotatable bonds is 6. The van der Waals surface area contributed by atoms with Gasteiger partial charge in [-0.2, -0.15) is 13.2 Å². The molecule has 28 heavy (non-hydrogen) atoms. The number of anilines is 1. The van der Waals surface area contributed by atoms with E-state index in [1.165, 1.54) is 23.9 Å². The standard InChI is InChI=1S/C20H19F3N2O2S/c1-2-18(27)24-9-3-4-12-5-7-16(26)14(10-12)19-25-15-11-13(20(21,22)23)6-8-17(15)28-19/h2,5-8,10-11,19,25-26H,1,3-4,9H2,(H,24,27). The molecule has 0 saturated heterocycles. The Hall–Kier alpha value is -2.61. The van der Waals surface area contributed by atoms with E-state index in [1.807, 2.05) is 6.07 Å². The fourth-order valence-electron chi connectivity index (χ4n) is 2.91. The highest BCUT2D eigenvalue weighted by Crippen LogP contribution is 2.49. The lowest BCUT2D eigenvalue weighted by Crippen LogP contribution is -2.22. The van der Waals surface area contributed by atoms with Crippen molar-refractivity contribution >= 4 is 23.4 Å². The van der Waals surface area contributed by atoms with Crippen LogP contribution in [0.1, 0.15) is 28.5 Å². The Bertz CT molecular complexity index is 900. The minimum absolute atomic E-state index is 0.0811. The Morgan fingerprint density at radius 3 is 2.79 bits per heavy atom. The second-order valence-corrected chi connectivity index (χ2v) is 7.49. The van der Waals surface area contributed by atoms with Gasteiger partial charge in [0, 0.05) is 22.7 Å². The van der Waals surface area contributed by atoms with Crippen molar-refractivity contribution in [1.82, 2.24) is 5.32 Å². The van der Waals surface area contributed by atoms with Crippen LogP contribution in [0.2, 0.25) is 0 Å². The van der Waals surface area contributed by atoms with E-state index in [4.69, 9.17) is 0 Å². The lowest BCUT2D eigenvalue weighted by Gasteiger charge is -2.14. The number of amides is 1. The first kappa shape index (κ1) is 20.1. The van der Waals surface area contributed by atoms with Gasteiger partial charge in [-0.3, -0.25) is 4.79 Å². The number of hydrogen-bond acceptors (Lipinski definition) is 4. The number of phenolic OH excluding ortho intramolecular Hbond substituents is 1. The third-order valence-electron chi connectivity index (χ3n) is 4.34. The summed E-state index contributed by atoms with van der Waals surface area (Å²) < 4.78 is 38.7. The highest BCUT2D eigenvalue weighted by molar-refractivity contribution is 8.00. The van der Waals surface area contributed by atoms with Crippen molar-refractivity contribution in [1.29, 1.82) is 0 Å². The number of phenols is 1. The van der Waals surface area contributed by atoms with Crippen LogP contribution in [-0.2, 0) is 17.4 Å². The van der Waals surface area contributed by atoms with Gasteiger partial charge >= 0.3 is 6.18 Å². The molecular formula is C20H19F3N2O2S. The molecule has 1 amide bonds. The molecule has 1 atom stereocenters. The average Bonchev–Trinajstić information content (AvgIpc) is 3.08. The second kappa shape index (κ2) is 8.18. The maximum absolute atomic E-state index is 12.9. The topological polar surface area (TPSA) is 61.4 Å². The number of benzene rings is 2. The Labute approximate surface area is 164 Å². The van der Waals surface area contributed by atoms with Gasteiger partial charge in [0.1, 0.15) is 11.1 Å². The summed E-state index contributed by atoms with van der Waals surface area (Å²) in [7, 11) is 0. The van der Waals surface area contributed by atoms with Crippen LogP contribution in [0.25, 0.3) is 0 Å². The molecule has 0 radical (unpaired) electrons. The van der Waals surface area contributed by atoms with E-state index in [-0.39, 0.29) is 17.0 Å². The molecule has 4 nitrogen and oxygen atoms in total. The highest BCUT2D eigenvalue weighted by Gasteiger charge is 2.33. The van der Waals surface area contributed by atoms with Gasteiger partial charge in [0.2, 0.25) is 5.91 Å². The first-order valence-electron chi connectivity index (χ1n) is 8.64. The summed E-state index contributed by atoms with van der Waals surface area (Å²) in [5.41, 5.74) is 1.28. The van der Waals surface area contributed by atoms with Crippen LogP contribution in [0, 0.1) is 0 Å². The number of hydrogen-bond donors (Lipinski definition) is 3. The second-order valence-electron chi connectivity index (χ2n) is 6.34. The monoisotopic (exact) mass is 408 g/mol. The molecule has 8 heteroatoms. The number of alkyl halides is 3. The van der Waals surface area contributed by atoms with Crippen LogP contribution < -0.4 is 10.6 Å². The fraction of sp³-hybridized carbons (Fsp3) is 0.250. The molecule has 1 heterocycles. The van der Waals surface area contributed by atoms with Crippen LogP contribution in [-0.4, -0.2) is 17.6 Å². The number of carbonyl (C=O) groups excluding carboxylic acids is 1. The van der Waals surface area contributed by atoms with Crippen LogP contribution in [0.3, 0.4) is 0 Å². The lowest BCUT2D eigenvalue weighted by molar-refractivity contribution is -0.137. The van der Waals surface area contributed by atoms with E-state index >= 15 is 0 Å². The molecule has 3 N–H and O–H groups in total. The van der Waals surface area contributed by atoms with Crippen molar-refractivity contribution in [3.8, 4) is 5.75 Å². The number of aryl methyl sites for hydroxylation is 1. The smallest absolute Gasteiger partial charge is 0.416 e. The normalized spacial score (nSPS) is 15.6. The predicted molar refractivity (Wildman–Crippen MR) is 103 cm³/mol. The number of nitrogens with one attached hydrogen (secondary N) is 2. The number of aromatic hydroxyl groups is 1. The molecule has 148 valence electrons. The summed E-state index contributed by atoms with van der Waals surface area (Å²) >= 11 is 1.36. The van der Waals surface area contributed by atoms with Crippen LogP contribution in [0.5, 0.6) is 5.75 Å². The number of carbonyl (C=O) groups is 1. The maximum Gasteiger partial charge on any atom is 0.416 e. The molecule has 0 aliphatic carbocycles. The van der Waals surface area contributed by atoms with Crippen molar-refractivity contribution in [3.63, 3.8) is 0 Å². The predicted octanol–water partition coefficient (Wildman–Crippen LogP) is 4.86. The van der Waals surface area contributed by atoms with Crippen LogP contribution in [0.15, 0.2) is 53.9 Å². The Kier molecular flexibility index (Phi) is 5.88. The van der Waals surface area contributed by atoms with E-state index in [1.54, 1.807) is 12.1 Å². The Morgan fingerprint density at radius 1 is 1.29 bits per heavy atom. The van der Waals surface area contributed by atoms with Crippen LogP contribution >= 0.6 is 11.8 Å². The highest BCUT2D eigenvalue weighted by atomic mass is 32.2. The molecular weight excluding hydrogens is 389 g/mol. The van der Waals surface area contributed by atoms with Crippen molar-refractivity contribution in [2.45, 2.75) is 29.3 Å². The van der Waals surface area contributed by atoms with Gasteiger partial charge in [0.15, 0.2) is 0 Å². The molecule has 2 aromatic rings. The van der Waals surface area contributed by atoms with Crippen molar-refractivity contribution in [3.05, 3.63) is 65.7 Å². The number of thioether (sulfide) groups is 1. The fourth-order valence-corrected chi connectivity index (χ4v) is 4.05. The van der Waals surface area contributed by atoms with Gasteiger partial charge < -0.3 is 15.7 Å². The van der Waals surface area contributed by atoms with Gasteiger partial charge in [-0.05, 0) is 54.8 Å². The first-order chi connectivity index (χ1) is 13.3. The molecule has 1 unspecified atom stereocenters. The molecule has 0 bridgehead atoms. The van der Waals surface area contributed by atoms with Crippen molar-refractivity contribution in [2.75, 3.05) is 11.9 Å². The summed E-state index contributed by atoms with van der Waals surface area (Å²) in [4.78, 5) is 11.8. The average molecular weight is 408 g/mol. The molecule has 0 saturated carbocycles. The number of fused-ring (bicyclic) bond motifs is 1. The molecule has 3 rings (SSSR count). The summed E-state index contributed by atoms with van der Waals surface area (Å²) in [6.07, 6.45) is -1.79. The molecule has 0 spiro atoms. The van der Waals surface area contributed by atoms with Gasteiger partial charge in [0.05, 0.1) is 5.56 Å². The maximum atomic E-state index is 12.9. The third kappa shape index (κ3) is 4.62. The van der Waals surface area contributed by atoms with Gasteiger partial charge in [-0.1, -0.05) is 24.4 Å². The Balaban J connectivity index is 1.70. The number of halogens is 3. The van der Waals surface area contributed by atoms with E-state index in [9.17, 15) is 23.1 Å². The zero-order valence-corrected chi connectivity index (χ0v) is 15.7. The first-order valence-corrected chi connectivity index (χ1v) is 9.52. The summed E-state index contributed by atoms with van der Waals surface area (Å²) in [6, 6.07) is 8.81. The molecule has 0 aromatic heterocycles. The molecule has 1 aliphatic heterocycles. The van der Waals surface area contributed by atoms with E-state index in [2.05, 4.69) is 17.2 Å². The molecule has 0 fully saturated rings. The quantitative estimate of drug-likeness (QED) is 0.472. The molecule has 1 aliphatic rings. The van der Waals surface area contributed by atoms with E-state index in [0.717, 1.165) is 17.7 Å². The van der Waals surface area contributed by atoms with Crippen LogP contribution in [0.4, 0.5) is 18.9 Å². The largest absolute Gasteiger partial charge is 0.508 e. The summed E-state index contributed by atoms with van der Waals surface area (Å²) in [6.45, 7) is 3.89. The van der Waals surface area contributed by atoms with E-state index < -0.39 is 11.7 Å². The minimum atomic E-state index is -4.40. The van der Waals surface area contributed by atoms with Crippen molar-refractivity contribution in [2.24, 2.45) is 0 Å². The zero-order valence-electron chi connectivity index (χ0n) is 14.8. The summed E-state index contributed by atoms with van der Waals surface area (Å²) in [5, 5.41) is 15.6. The third-order valence-corrected chi connectivity index (χ3v) is 5.56.